The smallest absolute Gasteiger partial charge is 0.248 e. The van der Waals surface area contributed by atoms with Gasteiger partial charge in [0.25, 0.3) is 0 Å². The van der Waals surface area contributed by atoms with Gasteiger partial charge in [0.2, 0.25) is 11.8 Å². The zero-order chi connectivity index (χ0) is 15.9. The molecule has 1 aromatic carbocycles. The second-order valence-corrected chi connectivity index (χ2v) is 7.67. The van der Waals surface area contributed by atoms with E-state index in [-0.39, 0.29) is 22.7 Å². The largest absolute Gasteiger partial charge is 0.376 e. The van der Waals surface area contributed by atoms with E-state index in [9.17, 15) is 9.59 Å². The number of fused-ring (bicyclic) bond motifs is 1. The van der Waals surface area contributed by atoms with Crippen LogP contribution in [-0.2, 0) is 9.59 Å². The molecule has 2 heterocycles. The monoisotopic (exact) mass is 319 g/mol. The first-order valence-corrected chi connectivity index (χ1v) is 8.44. The molecule has 2 unspecified atom stereocenters. The summed E-state index contributed by atoms with van der Waals surface area (Å²) in [7, 11) is 3.88. The van der Waals surface area contributed by atoms with Crippen LogP contribution in [0.5, 0.6) is 0 Å². The van der Waals surface area contributed by atoms with Gasteiger partial charge >= 0.3 is 0 Å². The molecule has 0 spiro atoms. The molecule has 0 bridgehead atoms. The van der Waals surface area contributed by atoms with E-state index in [1.165, 1.54) is 0 Å². The van der Waals surface area contributed by atoms with Crippen LogP contribution in [0.25, 0.3) is 0 Å². The van der Waals surface area contributed by atoms with Crippen LogP contribution in [0.2, 0.25) is 0 Å². The Hall–Kier alpha value is -1.69. The molecule has 2 saturated heterocycles. The molecule has 0 aromatic heterocycles. The quantitative estimate of drug-likeness (QED) is 0.927. The molecule has 2 atom stereocenters. The summed E-state index contributed by atoms with van der Waals surface area (Å²) in [6.45, 7) is 2.06. The van der Waals surface area contributed by atoms with Crippen molar-refractivity contribution in [3.63, 3.8) is 0 Å². The van der Waals surface area contributed by atoms with Crippen molar-refractivity contribution in [3.8, 4) is 0 Å². The Morgan fingerprint density at radius 2 is 2.14 bits per heavy atom. The first-order valence-electron chi connectivity index (χ1n) is 7.46. The van der Waals surface area contributed by atoms with Gasteiger partial charge in [0.15, 0.2) is 0 Å². The SMILES string of the molecule is CN(C)c1ccccc1NC(=O)C1CSC2(C)CCC(=O)N12. The number of anilines is 2. The van der Waals surface area contributed by atoms with Crippen LogP contribution < -0.4 is 10.2 Å². The summed E-state index contributed by atoms with van der Waals surface area (Å²) in [5, 5.41) is 3.00. The van der Waals surface area contributed by atoms with Crippen LogP contribution in [0.4, 0.5) is 11.4 Å². The van der Waals surface area contributed by atoms with Crippen molar-refractivity contribution in [2.45, 2.75) is 30.7 Å². The van der Waals surface area contributed by atoms with Gasteiger partial charge in [0, 0.05) is 26.3 Å². The summed E-state index contributed by atoms with van der Waals surface area (Å²) in [4.78, 5) is 28.3. The maximum atomic E-state index is 12.7. The van der Waals surface area contributed by atoms with Crippen molar-refractivity contribution >= 4 is 35.0 Å². The predicted molar refractivity (Wildman–Crippen MR) is 90.1 cm³/mol. The number of thioether (sulfide) groups is 1. The first-order chi connectivity index (χ1) is 10.4. The van der Waals surface area contributed by atoms with E-state index >= 15 is 0 Å². The first kappa shape index (κ1) is 15.2. The van der Waals surface area contributed by atoms with Gasteiger partial charge in [-0.25, -0.2) is 0 Å². The Balaban J connectivity index is 1.80. The molecule has 6 heteroatoms. The summed E-state index contributed by atoms with van der Waals surface area (Å²) < 4.78 is 0. The minimum absolute atomic E-state index is 0.0912. The van der Waals surface area contributed by atoms with Crippen molar-refractivity contribution in [1.29, 1.82) is 0 Å². The van der Waals surface area contributed by atoms with Crippen LogP contribution in [0.1, 0.15) is 19.8 Å². The molecule has 3 rings (SSSR count). The molecule has 0 saturated carbocycles. The second kappa shape index (κ2) is 5.50. The van der Waals surface area contributed by atoms with Crippen molar-refractivity contribution in [2.24, 2.45) is 0 Å². The molecule has 2 amide bonds. The van der Waals surface area contributed by atoms with Gasteiger partial charge in [-0.15, -0.1) is 11.8 Å². The number of nitrogens with zero attached hydrogens (tertiary/aromatic N) is 2. The summed E-state index contributed by atoms with van der Waals surface area (Å²) in [5.74, 6) is 0.660. The fourth-order valence-corrected chi connectivity index (χ4v) is 4.63. The van der Waals surface area contributed by atoms with Gasteiger partial charge in [-0.1, -0.05) is 12.1 Å². The lowest BCUT2D eigenvalue weighted by molar-refractivity contribution is -0.135. The molecule has 0 radical (unpaired) electrons. The Bertz CT molecular complexity index is 619. The number of nitrogens with one attached hydrogen (secondary N) is 1. The highest BCUT2D eigenvalue weighted by Gasteiger charge is 2.52. The number of amides is 2. The third-order valence-corrected chi connectivity index (χ3v) is 5.90. The van der Waals surface area contributed by atoms with E-state index in [0.717, 1.165) is 17.8 Å². The number of carbonyl (C=O) groups is 2. The van der Waals surface area contributed by atoms with Crippen molar-refractivity contribution in [2.75, 3.05) is 30.1 Å². The third kappa shape index (κ3) is 2.45. The zero-order valence-electron chi connectivity index (χ0n) is 13.1. The maximum absolute atomic E-state index is 12.7. The van der Waals surface area contributed by atoms with Crippen LogP contribution in [0, 0.1) is 0 Å². The van der Waals surface area contributed by atoms with Gasteiger partial charge in [-0.05, 0) is 25.5 Å². The van der Waals surface area contributed by atoms with Crippen molar-refractivity contribution in [3.05, 3.63) is 24.3 Å². The van der Waals surface area contributed by atoms with Crippen molar-refractivity contribution < 1.29 is 9.59 Å². The summed E-state index contributed by atoms with van der Waals surface area (Å²) in [5.41, 5.74) is 1.74. The van der Waals surface area contributed by atoms with Crippen LogP contribution in [0.15, 0.2) is 24.3 Å². The van der Waals surface area contributed by atoms with Crippen LogP contribution >= 0.6 is 11.8 Å². The molecular formula is C16H21N3O2S. The second-order valence-electron chi connectivity index (χ2n) is 6.17. The standard InChI is InChI=1S/C16H21N3O2S/c1-16-9-8-14(20)19(16)13(10-22-16)15(21)17-11-6-4-5-7-12(11)18(2)3/h4-7,13H,8-10H2,1-3H3,(H,17,21). The molecule has 2 aliphatic rings. The molecule has 0 aliphatic carbocycles. The highest BCUT2D eigenvalue weighted by molar-refractivity contribution is 8.01. The Kier molecular flexibility index (Phi) is 3.80. The van der Waals surface area contributed by atoms with E-state index in [1.807, 2.05) is 43.3 Å². The van der Waals surface area contributed by atoms with Gasteiger partial charge in [0.05, 0.1) is 16.2 Å². The molecule has 1 aromatic rings. The van der Waals surface area contributed by atoms with Gasteiger partial charge in [0.1, 0.15) is 6.04 Å². The van der Waals surface area contributed by atoms with Crippen LogP contribution in [-0.4, -0.2) is 47.5 Å². The van der Waals surface area contributed by atoms with E-state index in [4.69, 9.17) is 0 Å². The fraction of sp³-hybridized carbons (Fsp3) is 0.500. The molecule has 118 valence electrons. The van der Waals surface area contributed by atoms with Gasteiger partial charge in [-0.2, -0.15) is 0 Å². The summed E-state index contributed by atoms with van der Waals surface area (Å²) in [6.07, 6.45) is 1.37. The van der Waals surface area contributed by atoms with E-state index in [2.05, 4.69) is 12.2 Å². The van der Waals surface area contributed by atoms with Crippen molar-refractivity contribution in [1.82, 2.24) is 4.90 Å². The molecular weight excluding hydrogens is 298 g/mol. The normalized spacial score (nSPS) is 27.0. The minimum Gasteiger partial charge on any atom is -0.376 e. The summed E-state index contributed by atoms with van der Waals surface area (Å²) >= 11 is 1.71. The molecule has 2 fully saturated rings. The lowest BCUT2D eigenvalue weighted by atomic mass is 10.2. The molecule has 2 aliphatic heterocycles. The average Bonchev–Trinajstić information content (AvgIpc) is 2.96. The zero-order valence-corrected chi connectivity index (χ0v) is 13.9. The predicted octanol–water partition coefficient (Wildman–Crippen LogP) is 2.15. The molecule has 1 N–H and O–H groups in total. The number of rotatable bonds is 3. The highest BCUT2D eigenvalue weighted by atomic mass is 32.2. The van der Waals surface area contributed by atoms with Gasteiger partial charge in [-0.3, -0.25) is 9.59 Å². The van der Waals surface area contributed by atoms with E-state index in [1.54, 1.807) is 16.7 Å². The van der Waals surface area contributed by atoms with E-state index < -0.39 is 0 Å². The Morgan fingerprint density at radius 1 is 1.41 bits per heavy atom. The maximum Gasteiger partial charge on any atom is 0.248 e. The third-order valence-electron chi connectivity index (χ3n) is 4.39. The lowest BCUT2D eigenvalue weighted by Gasteiger charge is -2.30. The molecule has 22 heavy (non-hydrogen) atoms. The Labute approximate surface area is 135 Å². The van der Waals surface area contributed by atoms with Crippen LogP contribution in [0.3, 0.4) is 0 Å². The Morgan fingerprint density at radius 3 is 2.86 bits per heavy atom. The highest BCUT2D eigenvalue weighted by Crippen LogP contribution is 2.47. The molecule has 5 nitrogen and oxygen atoms in total. The summed E-state index contributed by atoms with van der Waals surface area (Å²) in [6, 6.07) is 7.32. The number of carbonyl (C=O) groups excluding carboxylic acids is 2. The topological polar surface area (TPSA) is 52.7 Å². The van der Waals surface area contributed by atoms with E-state index in [0.29, 0.717) is 12.2 Å². The fourth-order valence-electron chi connectivity index (χ4n) is 3.20. The minimum atomic E-state index is -0.375. The lowest BCUT2D eigenvalue weighted by Crippen LogP contribution is -2.48. The number of hydrogen-bond acceptors (Lipinski definition) is 4. The van der Waals surface area contributed by atoms with Gasteiger partial charge < -0.3 is 15.1 Å². The average molecular weight is 319 g/mol. The number of benzene rings is 1. The number of hydrogen-bond donors (Lipinski definition) is 1. The number of para-hydroxylation sites is 2.